The Kier molecular flexibility index (Phi) is 5.18. The van der Waals surface area contributed by atoms with Crippen molar-refractivity contribution in [2.24, 2.45) is 0 Å². The lowest BCUT2D eigenvalue weighted by Gasteiger charge is -2.01. The van der Waals surface area contributed by atoms with Crippen LogP contribution in [-0.4, -0.2) is 14.0 Å². The normalized spacial score (nSPS) is 10.0. The van der Waals surface area contributed by atoms with Crippen molar-refractivity contribution in [3.05, 3.63) is 0 Å². The van der Waals surface area contributed by atoms with Gasteiger partial charge >= 0.3 is 0 Å². The first-order valence-corrected chi connectivity index (χ1v) is 3.34. The zero-order chi connectivity index (χ0) is 6.41. The van der Waals surface area contributed by atoms with E-state index in [1.54, 1.807) is 0 Å². The molecule has 1 radical (unpaired) electrons. The van der Waals surface area contributed by atoms with Crippen molar-refractivity contribution < 1.29 is 0 Å². The summed E-state index contributed by atoms with van der Waals surface area (Å²) in [4.78, 5) is 0. The summed E-state index contributed by atoms with van der Waals surface area (Å²) in [5, 5.41) is 3.21. The van der Waals surface area contributed by atoms with Crippen LogP contribution in [0.15, 0.2) is 0 Å². The summed E-state index contributed by atoms with van der Waals surface area (Å²) < 4.78 is 0. The van der Waals surface area contributed by atoms with Crippen LogP contribution in [0.1, 0.15) is 27.2 Å². The summed E-state index contributed by atoms with van der Waals surface area (Å²) in [5.74, 6) is 0.668. The molecule has 1 N–H and O–H groups in total. The molecule has 0 spiro atoms. The highest BCUT2D eigenvalue weighted by atomic mass is 14.7. The zero-order valence-electron chi connectivity index (χ0n) is 6.07. The van der Waals surface area contributed by atoms with Crippen molar-refractivity contribution in [1.82, 2.24) is 5.23 Å². The van der Waals surface area contributed by atoms with E-state index in [9.17, 15) is 0 Å². The van der Waals surface area contributed by atoms with Gasteiger partial charge in [0.1, 0.15) is 0 Å². The maximum atomic E-state index is 3.21. The summed E-state index contributed by atoms with van der Waals surface area (Å²) >= 11 is 0. The van der Waals surface area contributed by atoms with Gasteiger partial charge in [0.25, 0.3) is 0 Å². The second kappa shape index (κ2) is 5.17. The maximum Gasteiger partial charge on any atom is 0.208 e. The van der Waals surface area contributed by atoms with E-state index in [0.717, 1.165) is 6.54 Å². The molecule has 0 atom stereocenters. The van der Waals surface area contributed by atoms with Gasteiger partial charge in [-0.25, -0.2) is 0 Å². The summed E-state index contributed by atoms with van der Waals surface area (Å²) in [6, 6.07) is 0. The van der Waals surface area contributed by atoms with Gasteiger partial charge in [-0.15, -0.1) is 0 Å². The molecule has 0 bridgehead atoms. The molecular weight excluding hydrogens is 96.9 g/mol. The lowest BCUT2D eigenvalue weighted by molar-refractivity contribution is 0.843. The molecule has 0 amide bonds. The Hall–Kier alpha value is 0.0249. The van der Waals surface area contributed by atoms with Crippen LogP contribution in [0.25, 0.3) is 0 Å². The summed E-state index contributed by atoms with van der Waals surface area (Å²) in [5.41, 5.74) is 0. The largest absolute Gasteiger partial charge is 0.360 e. The highest BCUT2D eigenvalue weighted by Gasteiger charge is 1.92. The standard InChI is InChI=1S/C6H15BN/c1-4-5-8-7-6(2)3/h6,8H,4-5H2,1-3H3. The molecule has 0 heterocycles. The molecule has 1 nitrogen and oxygen atoms in total. The molecule has 0 saturated heterocycles. The smallest absolute Gasteiger partial charge is 0.208 e. The molecule has 0 fully saturated rings. The topological polar surface area (TPSA) is 12.0 Å². The number of hydrogen-bond acceptors (Lipinski definition) is 1. The van der Waals surface area contributed by atoms with Gasteiger partial charge in [-0.2, -0.15) is 0 Å². The molecule has 2 heteroatoms. The Bertz CT molecular complexity index is 45.8. The van der Waals surface area contributed by atoms with Gasteiger partial charge in [0.2, 0.25) is 7.41 Å². The van der Waals surface area contributed by atoms with Crippen LogP contribution in [-0.2, 0) is 0 Å². The first-order chi connectivity index (χ1) is 3.77. The fraction of sp³-hybridized carbons (Fsp3) is 1.00. The second-order valence-electron chi connectivity index (χ2n) is 2.36. The number of nitrogens with one attached hydrogen (secondary N) is 1. The molecule has 0 aliphatic rings. The van der Waals surface area contributed by atoms with Gasteiger partial charge in [-0.05, 0) is 13.0 Å². The van der Waals surface area contributed by atoms with Crippen molar-refractivity contribution in [2.45, 2.75) is 33.0 Å². The molecule has 8 heavy (non-hydrogen) atoms. The van der Waals surface area contributed by atoms with Gasteiger partial charge < -0.3 is 5.23 Å². The van der Waals surface area contributed by atoms with Crippen molar-refractivity contribution in [1.29, 1.82) is 0 Å². The van der Waals surface area contributed by atoms with Gasteiger partial charge in [-0.1, -0.05) is 26.6 Å². The molecule has 0 aromatic carbocycles. The average Bonchev–Trinajstić information content (AvgIpc) is 1.66. The summed E-state index contributed by atoms with van der Waals surface area (Å²) in [7, 11) is 2.13. The van der Waals surface area contributed by atoms with E-state index >= 15 is 0 Å². The third-order valence-electron chi connectivity index (χ3n) is 0.846. The van der Waals surface area contributed by atoms with Crippen molar-refractivity contribution >= 4 is 7.41 Å². The first kappa shape index (κ1) is 8.02. The van der Waals surface area contributed by atoms with E-state index in [1.807, 2.05) is 0 Å². The summed E-state index contributed by atoms with van der Waals surface area (Å²) in [6.45, 7) is 7.62. The van der Waals surface area contributed by atoms with Gasteiger partial charge in [-0.3, -0.25) is 0 Å². The first-order valence-electron chi connectivity index (χ1n) is 3.34. The Balaban J connectivity index is 2.72. The van der Waals surface area contributed by atoms with E-state index < -0.39 is 0 Å². The van der Waals surface area contributed by atoms with Crippen molar-refractivity contribution in [2.75, 3.05) is 6.54 Å². The van der Waals surface area contributed by atoms with Crippen LogP contribution in [0.3, 0.4) is 0 Å². The molecule has 0 unspecified atom stereocenters. The zero-order valence-corrected chi connectivity index (χ0v) is 6.07. The Morgan fingerprint density at radius 3 is 2.50 bits per heavy atom. The molecule has 47 valence electrons. The van der Waals surface area contributed by atoms with Crippen LogP contribution in [0.4, 0.5) is 0 Å². The van der Waals surface area contributed by atoms with Gasteiger partial charge in [0, 0.05) is 0 Å². The highest BCUT2D eigenvalue weighted by molar-refractivity contribution is 6.33. The minimum Gasteiger partial charge on any atom is -0.360 e. The van der Waals surface area contributed by atoms with Crippen molar-refractivity contribution in [3.8, 4) is 0 Å². The molecule has 0 aromatic rings. The lowest BCUT2D eigenvalue weighted by atomic mass is 9.78. The average molecular weight is 112 g/mol. The Morgan fingerprint density at radius 1 is 1.50 bits per heavy atom. The van der Waals surface area contributed by atoms with Crippen LogP contribution in [0, 0.1) is 0 Å². The van der Waals surface area contributed by atoms with Crippen LogP contribution in [0.2, 0.25) is 5.82 Å². The second-order valence-corrected chi connectivity index (χ2v) is 2.36. The monoisotopic (exact) mass is 112 g/mol. The SMILES string of the molecule is CCCN[B]C(C)C. The van der Waals surface area contributed by atoms with Crippen molar-refractivity contribution in [3.63, 3.8) is 0 Å². The van der Waals surface area contributed by atoms with Crippen LogP contribution in [0.5, 0.6) is 0 Å². The van der Waals surface area contributed by atoms with Gasteiger partial charge in [0.15, 0.2) is 0 Å². The number of rotatable bonds is 4. The molecule has 0 saturated carbocycles. The minimum absolute atomic E-state index is 0.668. The van der Waals surface area contributed by atoms with Gasteiger partial charge in [0.05, 0.1) is 0 Å². The Morgan fingerprint density at radius 2 is 2.12 bits per heavy atom. The van der Waals surface area contributed by atoms with E-state index in [1.165, 1.54) is 6.42 Å². The molecule has 0 aromatic heterocycles. The quantitative estimate of drug-likeness (QED) is 0.428. The lowest BCUT2D eigenvalue weighted by Crippen LogP contribution is -2.21. The van der Waals surface area contributed by atoms with E-state index in [-0.39, 0.29) is 0 Å². The third-order valence-corrected chi connectivity index (χ3v) is 0.846. The molecule has 0 rings (SSSR count). The predicted octanol–water partition coefficient (Wildman–Crippen LogP) is 1.43. The third kappa shape index (κ3) is 6.02. The highest BCUT2D eigenvalue weighted by Crippen LogP contribution is 1.92. The summed E-state index contributed by atoms with van der Waals surface area (Å²) in [6.07, 6.45) is 1.21. The predicted molar refractivity (Wildman–Crippen MR) is 39.1 cm³/mol. The van der Waals surface area contributed by atoms with E-state index in [4.69, 9.17) is 0 Å². The minimum atomic E-state index is 0.668. The van der Waals surface area contributed by atoms with Crippen LogP contribution >= 0.6 is 0 Å². The van der Waals surface area contributed by atoms with Crippen LogP contribution < -0.4 is 5.23 Å². The molecule has 0 aliphatic heterocycles. The Labute approximate surface area is 53.1 Å². The fourth-order valence-corrected chi connectivity index (χ4v) is 0.463. The van der Waals surface area contributed by atoms with E-state index in [2.05, 4.69) is 33.4 Å². The molecular formula is C6H15BN. The number of hydrogen-bond donors (Lipinski definition) is 1. The van der Waals surface area contributed by atoms with E-state index in [0.29, 0.717) is 5.82 Å². The molecule has 0 aliphatic carbocycles. The fourth-order valence-electron chi connectivity index (χ4n) is 0.463. The maximum absolute atomic E-state index is 3.21.